The summed E-state index contributed by atoms with van der Waals surface area (Å²) in [4.78, 5) is 29.5. The van der Waals surface area contributed by atoms with Gasteiger partial charge in [-0.25, -0.2) is 0 Å². The van der Waals surface area contributed by atoms with Crippen LogP contribution in [0.5, 0.6) is 0 Å². The fraction of sp³-hybridized carbons (Fsp3) is 0.312. The molecular weight excluding hydrogens is 268 g/mol. The Kier molecular flexibility index (Phi) is 3.33. The fourth-order valence-electron chi connectivity index (χ4n) is 2.95. The van der Waals surface area contributed by atoms with Gasteiger partial charge >= 0.3 is 5.97 Å². The van der Waals surface area contributed by atoms with Crippen molar-refractivity contribution in [1.82, 2.24) is 9.88 Å². The lowest BCUT2D eigenvalue weighted by atomic mass is 9.86. The summed E-state index contributed by atoms with van der Waals surface area (Å²) in [7, 11) is 1.65. The molecular formula is C16H16N2O3. The van der Waals surface area contributed by atoms with E-state index in [9.17, 15) is 14.7 Å². The summed E-state index contributed by atoms with van der Waals surface area (Å²) < 4.78 is 0. The minimum Gasteiger partial charge on any atom is -0.481 e. The van der Waals surface area contributed by atoms with Crippen molar-refractivity contribution in [2.45, 2.75) is 18.9 Å². The molecule has 5 heteroatoms. The first-order chi connectivity index (χ1) is 10.1. The largest absolute Gasteiger partial charge is 0.481 e. The number of likely N-dealkylation sites (tertiary alicyclic amines) is 1. The van der Waals surface area contributed by atoms with Crippen LogP contribution in [-0.4, -0.2) is 33.9 Å². The van der Waals surface area contributed by atoms with Crippen molar-refractivity contribution in [3.05, 3.63) is 42.1 Å². The number of fused-ring (bicyclic) bond motifs is 1. The summed E-state index contributed by atoms with van der Waals surface area (Å²) in [6, 6.07) is 10.9. The van der Waals surface area contributed by atoms with Crippen LogP contribution in [0.2, 0.25) is 0 Å². The van der Waals surface area contributed by atoms with Crippen molar-refractivity contribution >= 4 is 22.8 Å². The number of carboxylic acid groups (broad SMARTS) is 1. The molecule has 1 aliphatic rings. The summed E-state index contributed by atoms with van der Waals surface area (Å²) in [6.07, 6.45) is 0.634. The van der Waals surface area contributed by atoms with Crippen LogP contribution in [0, 0.1) is 5.92 Å². The van der Waals surface area contributed by atoms with E-state index in [4.69, 9.17) is 0 Å². The Morgan fingerprint density at radius 1 is 1.29 bits per heavy atom. The van der Waals surface area contributed by atoms with Gasteiger partial charge in [0, 0.05) is 18.9 Å². The second kappa shape index (κ2) is 5.16. The maximum Gasteiger partial charge on any atom is 0.309 e. The van der Waals surface area contributed by atoms with Crippen LogP contribution in [0.25, 0.3) is 10.9 Å². The number of carbonyl (C=O) groups excluding carboxylic acids is 1. The molecule has 0 aliphatic carbocycles. The monoisotopic (exact) mass is 284 g/mol. The first-order valence-corrected chi connectivity index (χ1v) is 6.92. The molecule has 0 radical (unpaired) electrons. The highest BCUT2D eigenvalue weighted by atomic mass is 16.4. The van der Waals surface area contributed by atoms with Gasteiger partial charge in [0.15, 0.2) is 0 Å². The van der Waals surface area contributed by atoms with Gasteiger partial charge in [0.05, 0.1) is 23.2 Å². The van der Waals surface area contributed by atoms with E-state index in [0.717, 1.165) is 10.9 Å². The topological polar surface area (TPSA) is 70.5 Å². The summed E-state index contributed by atoms with van der Waals surface area (Å²) in [5.41, 5.74) is 1.45. The molecule has 1 aromatic heterocycles. The minimum absolute atomic E-state index is 0.0348. The van der Waals surface area contributed by atoms with Crippen LogP contribution >= 0.6 is 0 Å². The van der Waals surface area contributed by atoms with E-state index in [1.807, 2.05) is 36.4 Å². The van der Waals surface area contributed by atoms with E-state index in [-0.39, 0.29) is 12.3 Å². The van der Waals surface area contributed by atoms with Gasteiger partial charge < -0.3 is 10.0 Å². The van der Waals surface area contributed by atoms with Crippen molar-refractivity contribution in [2.75, 3.05) is 7.05 Å². The number of carbonyl (C=O) groups is 2. The highest BCUT2D eigenvalue weighted by Gasteiger charge is 2.39. The number of aliphatic carboxylic acids is 1. The summed E-state index contributed by atoms with van der Waals surface area (Å²) in [6.45, 7) is 0. The predicted octanol–water partition coefficient (Wildman–Crippen LogP) is 2.23. The number of amides is 1. The molecule has 1 saturated heterocycles. The Morgan fingerprint density at radius 2 is 2.05 bits per heavy atom. The van der Waals surface area contributed by atoms with Crippen molar-refractivity contribution in [2.24, 2.45) is 5.92 Å². The lowest BCUT2D eigenvalue weighted by molar-refractivity contribution is -0.151. The van der Waals surface area contributed by atoms with Crippen LogP contribution in [-0.2, 0) is 9.59 Å². The number of hydrogen-bond acceptors (Lipinski definition) is 3. The zero-order valence-electron chi connectivity index (χ0n) is 11.7. The number of rotatable bonds is 2. The Morgan fingerprint density at radius 3 is 2.81 bits per heavy atom. The van der Waals surface area contributed by atoms with E-state index >= 15 is 0 Å². The summed E-state index contributed by atoms with van der Waals surface area (Å²) in [5.74, 6) is -1.52. The van der Waals surface area contributed by atoms with Gasteiger partial charge in [0.1, 0.15) is 0 Å². The normalized spacial score (nSPS) is 22.5. The first kappa shape index (κ1) is 13.5. The Balaban J connectivity index is 2.07. The minimum atomic E-state index is -0.880. The third-order valence-electron chi connectivity index (χ3n) is 4.10. The van der Waals surface area contributed by atoms with Crippen molar-refractivity contribution in [3.8, 4) is 0 Å². The van der Waals surface area contributed by atoms with Gasteiger partial charge in [-0.15, -0.1) is 0 Å². The van der Waals surface area contributed by atoms with Gasteiger partial charge in [0.2, 0.25) is 5.91 Å². The predicted molar refractivity (Wildman–Crippen MR) is 77.6 cm³/mol. The van der Waals surface area contributed by atoms with E-state index in [2.05, 4.69) is 4.98 Å². The molecule has 1 aromatic carbocycles. The number of hydrogen-bond donors (Lipinski definition) is 1. The van der Waals surface area contributed by atoms with E-state index in [0.29, 0.717) is 12.1 Å². The molecule has 5 nitrogen and oxygen atoms in total. The molecule has 1 amide bonds. The average Bonchev–Trinajstić information content (AvgIpc) is 2.49. The SMILES string of the molecule is CN1C(=O)CCC(C(=O)O)C1c1ccc2ccccc2n1. The van der Waals surface area contributed by atoms with E-state index in [1.165, 1.54) is 4.90 Å². The molecule has 3 rings (SSSR count). The molecule has 2 atom stereocenters. The second-order valence-corrected chi connectivity index (χ2v) is 5.36. The highest BCUT2D eigenvalue weighted by molar-refractivity contribution is 5.82. The lowest BCUT2D eigenvalue weighted by Gasteiger charge is -2.36. The molecule has 21 heavy (non-hydrogen) atoms. The average molecular weight is 284 g/mol. The number of pyridine rings is 1. The zero-order chi connectivity index (χ0) is 15.0. The third kappa shape index (κ3) is 2.35. The van der Waals surface area contributed by atoms with Crippen LogP contribution in [0.3, 0.4) is 0 Å². The molecule has 1 fully saturated rings. The first-order valence-electron chi connectivity index (χ1n) is 6.92. The summed E-state index contributed by atoms with van der Waals surface area (Å²) >= 11 is 0. The quantitative estimate of drug-likeness (QED) is 0.918. The van der Waals surface area contributed by atoms with Crippen molar-refractivity contribution in [1.29, 1.82) is 0 Å². The summed E-state index contributed by atoms with van der Waals surface area (Å²) in [5, 5.41) is 10.4. The van der Waals surface area contributed by atoms with Crippen molar-refractivity contribution < 1.29 is 14.7 Å². The lowest BCUT2D eigenvalue weighted by Crippen LogP contribution is -2.43. The van der Waals surface area contributed by atoms with Gasteiger partial charge in [-0.1, -0.05) is 24.3 Å². The molecule has 0 bridgehead atoms. The zero-order valence-corrected chi connectivity index (χ0v) is 11.7. The maximum absolute atomic E-state index is 11.9. The Labute approximate surface area is 122 Å². The van der Waals surface area contributed by atoms with Crippen molar-refractivity contribution in [3.63, 3.8) is 0 Å². The standard InChI is InChI=1S/C16H16N2O3/c1-18-14(19)9-7-11(16(20)21)15(18)13-8-6-10-4-2-3-5-12(10)17-13/h2-6,8,11,15H,7,9H2,1H3,(H,20,21). The van der Waals surface area contributed by atoms with Gasteiger partial charge in [0.25, 0.3) is 0 Å². The van der Waals surface area contributed by atoms with Crippen LogP contribution in [0.15, 0.2) is 36.4 Å². The molecule has 2 heterocycles. The van der Waals surface area contributed by atoms with E-state index < -0.39 is 17.9 Å². The number of aromatic nitrogens is 1. The highest BCUT2D eigenvalue weighted by Crippen LogP contribution is 2.35. The van der Waals surface area contributed by atoms with Crippen LogP contribution < -0.4 is 0 Å². The second-order valence-electron chi connectivity index (χ2n) is 5.36. The Hall–Kier alpha value is -2.43. The molecule has 2 unspecified atom stereocenters. The van der Waals surface area contributed by atoms with Crippen LogP contribution in [0.4, 0.5) is 0 Å². The van der Waals surface area contributed by atoms with Gasteiger partial charge in [-0.3, -0.25) is 14.6 Å². The number of benzene rings is 1. The molecule has 2 aromatic rings. The number of nitrogens with zero attached hydrogens (tertiary/aromatic N) is 2. The fourth-order valence-corrected chi connectivity index (χ4v) is 2.95. The molecule has 0 spiro atoms. The number of carboxylic acids is 1. The number of para-hydroxylation sites is 1. The molecule has 1 aliphatic heterocycles. The number of piperidine rings is 1. The smallest absolute Gasteiger partial charge is 0.309 e. The molecule has 108 valence electrons. The van der Waals surface area contributed by atoms with E-state index in [1.54, 1.807) is 7.05 Å². The van der Waals surface area contributed by atoms with Gasteiger partial charge in [-0.05, 0) is 18.6 Å². The van der Waals surface area contributed by atoms with Crippen LogP contribution in [0.1, 0.15) is 24.6 Å². The Bertz CT molecular complexity index is 713. The molecule has 1 N–H and O–H groups in total. The van der Waals surface area contributed by atoms with Gasteiger partial charge in [-0.2, -0.15) is 0 Å². The third-order valence-corrected chi connectivity index (χ3v) is 4.10. The maximum atomic E-state index is 11.9. The molecule has 0 saturated carbocycles.